The number of halogens is 3. The minimum absolute atomic E-state index is 0.153. The third-order valence-electron chi connectivity index (χ3n) is 7.99. The van der Waals surface area contributed by atoms with E-state index in [2.05, 4.69) is 10.2 Å². The lowest BCUT2D eigenvalue weighted by molar-refractivity contribution is -0.152. The molecule has 1 unspecified atom stereocenters. The van der Waals surface area contributed by atoms with Gasteiger partial charge in [0.2, 0.25) is 5.91 Å². The van der Waals surface area contributed by atoms with Gasteiger partial charge in [0.15, 0.2) is 5.82 Å². The summed E-state index contributed by atoms with van der Waals surface area (Å²) < 4.78 is 42.0. The first-order valence-electron chi connectivity index (χ1n) is 12.4. The SMILES string of the molecule is C[C@@H]1CN(C(=O)[C@H]2CN(c3cccnn3)C[C@@H]2c2ccc(F)cc2F)C[C@H](C)C1(O)c1ccc(F)cc1. The summed E-state index contributed by atoms with van der Waals surface area (Å²) in [5.74, 6) is -3.09. The van der Waals surface area contributed by atoms with E-state index in [0.717, 1.165) is 6.07 Å². The molecule has 37 heavy (non-hydrogen) atoms. The van der Waals surface area contributed by atoms with Gasteiger partial charge in [-0.3, -0.25) is 4.79 Å². The van der Waals surface area contributed by atoms with Crippen LogP contribution in [0.3, 0.4) is 0 Å². The summed E-state index contributed by atoms with van der Waals surface area (Å²) in [6.45, 7) is 4.96. The molecular weight excluding hydrogens is 481 g/mol. The van der Waals surface area contributed by atoms with Gasteiger partial charge in [-0.15, -0.1) is 5.10 Å². The minimum atomic E-state index is -1.23. The Balaban J connectivity index is 1.42. The Morgan fingerprint density at radius 2 is 1.62 bits per heavy atom. The lowest BCUT2D eigenvalue weighted by Gasteiger charge is -2.48. The molecule has 2 fully saturated rings. The van der Waals surface area contributed by atoms with Crippen molar-refractivity contribution in [3.8, 4) is 0 Å². The normalized spacial score (nSPS) is 27.9. The highest BCUT2D eigenvalue weighted by molar-refractivity contribution is 5.82. The molecule has 194 valence electrons. The number of anilines is 1. The number of nitrogens with zero attached hydrogens (tertiary/aromatic N) is 4. The largest absolute Gasteiger partial charge is 0.384 e. The number of amides is 1. The van der Waals surface area contributed by atoms with Crippen LogP contribution < -0.4 is 4.90 Å². The number of aliphatic hydroxyl groups is 1. The number of aromatic nitrogens is 2. The van der Waals surface area contributed by atoms with Gasteiger partial charge in [-0.05, 0) is 41.5 Å². The van der Waals surface area contributed by atoms with Crippen LogP contribution in [0.5, 0.6) is 0 Å². The lowest BCUT2D eigenvalue weighted by Crippen LogP contribution is -2.57. The van der Waals surface area contributed by atoms with Crippen molar-refractivity contribution in [3.05, 3.63) is 89.4 Å². The predicted octanol–water partition coefficient (Wildman–Crippen LogP) is 4.12. The molecule has 2 aliphatic rings. The van der Waals surface area contributed by atoms with Crippen molar-refractivity contribution in [1.82, 2.24) is 15.1 Å². The average Bonchev–Trinajstić information content (AvgIpc) is 3.32. The van der Waals surface area contributed by atoms with Crippen molar-refractivity contribution in [2.24, 2.45) is 17.8 Å². The van der Waals surface area contributed by atoms with Crippen LogP contribution in [0.2, 0.25) is 0 Å². The van der Waals surface area contributed by atoms with Crippen LogP contribution in [0.15, 0.2) is 60.8 Å². The molecule has 0 spiro atoms. The fourth-order valence-electron chi connectivity index (χ4n) is 6.02. The number of benzene rings is 2. The molecule has 0 saturated carbocycles. The zero-order chi connectivity index (χ0) is 26.3. The third-order valence-corrected chi connectivity index (χ3v) is 7.99. The highest BCUT2D eigenvalue weighted by atomic mass is 19.1. The number of likely N-dealkylation sites (tertiary alicyclic amines) is 1. The van der Waals surface area contributed by atoms with Crippen LogP contribution in [-0.2, 0) is 10.4 Å². The zero-order valence-corrected chi connectivity index (χ0v) is 20.7. The van der Waals surface area contributed by atoms with E-state index in [1.54, 1.807) is 35.4 Å². The van der Waals surface area contributed by atoms with Crippen molar-refractivity contribution >= 4 is 11.7 Å². The monoisotopic (exact) mass is 510 g/mol. The Morgan fingerprint density at radius 3 is 2.24 bits per heavy atom. The van der Waals surface area contributed by atoms with E-state index in [4.69, 9.17) is 0 Å². The topological polar surface area (TPSA) is 69.6 Å². The molecule has 1 amide bonds. The Labute approximate surface area is 213 Å². The Kier molecular flexibility index (Phi) is 6.66. The molecule has 0 radical (unpaired) electrons. The third kappa shape index (κ3) is 4.56. The number of carbonyl (C=O) groups excluding carboxylic acids is 1. The summed E-state index contributed by atoms with van der Waals surface area (Å²) in [4.78, 5) is 17.6. The molecule has 5 rings (SSSR count). The van der Waals surface area contributed by atoms with Gasteiger partial charge in [-0.25, -0.2) is 13.2 Å². The van der Waals surface area contributed by atoms with Gasteiger partial charge in [0.05, 0.1) is 11.5 Å². The highest BCUT2D eigenvalue weighted by Gasteiger charge is 2.49. The number of piperidine rings is 1. The smallest absolute Gasteiger partial charge is 0.228 e. The van der Waals surface area contributed by atoms with E-state index in [1.165, 1.54) is 24.3 Å². The minimum Gasteiger partial charge on any atom is -0.384 e. The summed E-state index contributed by atoms with van der Waals surface area (Å²) in [5.41, 5.74) is -0.331. The van der Waals surface area contributed by atoms with Crippen molar-refractivity contribution in [3.63, 3.8) is 0 Å². The van der Waals surface area contributed by atoms with Gasteiger partial charge in [-0.1, -0.05) is 32.0 Å². The molecule has 3 heterocycles. The molecule has 0 bridgehead atoms. The number of rotatable bonds is 4. The standard InChI is InChI=1S/C28H29F3N4O2/c1-17-13-35(14-18(2)28(17,37)19-5-7-20(29)8-6-19)27(36)24-16-34(26-4-3-11-32-33-26)15-23(24)22-10-9-21(30)12-25(22)31/h3-12,17-18,23-24,37H,13-16H2,1-2H3/t17-,18+,23-,24+,28?/m1/s1. The van der Waals surface area contributed by atoms with Crippen molar-refractivity contribution in [2.45, 2.75) is 25.4 Å². The molecule has 2 aromatic carbocycles. The van der Waals surface area contributed by atoms with Crippen LogP contribution in [-0.4, -0.2) is 52.3 Å². The number of carbonyl (C=O) groups is 1. The van der Waals surface area contributed by atoms with Gasteiger partial charge in [0.1, 0.15) is 17.5 Å². The highest BCUT2D eigenvalue weighted by Crippen LogP contribution is 2.43. The predicted molar refractivity (Wildman–Crippen MR) is 132 cm³/mol. The second kappa shape index (κ2) is 9.78. The number of hydrogen-bond acceptors (Lipinski definition) is 5. The molecule has 2 aliphatic heterocycles. The summed E-state index contributed by atoms with van der Waals surface area (Å²) in [6, 6.07) is 12.8. The van der Waals surface area contributed by atoms with Gasteiger partial charge in [0, 0.05) is 56.2 Å². The van der Waals surface area contributed by atoms with Gasteiger partial charge < -0.3 is 14.9 Å². The average molecular weight is 511 g/mol. The van der Waals surface area contributed by atoms with Crippen molar-refractivity contribution in [1.29, 1.82) is 0 Å². The molecule has 1 aromatic heterocycles. The van der Waals surface area contributed by atoms with Crippen LogP contribution >= 0.6 is 0 Å². The summed E-state index contributed by atoms with van der Waals surface area (Å²) in [5, 5.41) is 19.7. The quantitative estimate of drug-likeness (QED) is 0.572. The second-order valence-corrected chi connectivity index (χ2v) is 10.2. The van der Waals surface area contributed by atoms with E-state index in [0.29, 0.717) is 24.5 Å². The molecule has 5 atom stereocenters. The van der Waals surface area contributed by atoms with Gasteiger partial charge >= 0.3 is 0 Å². The summed E-state index contributed by atoms with van der Waals surface area (Å²) >= 11 is 0. The molecule has 1 N–H and O–H groups in total. The molecule has 6 nitrogen and oxygen atoms in total. The molecule has 2 saturated heterocycles. The maximum atomic E-state index is 14.9. The molecule has 0 aliphatic carbocycles. The molecular formula is C28H29F3N4O2. The van der Waals surface area contributed by atoms with Crippen LogP contribution in [0.25, 0.3) is 0 Å². The van der Waals surface area contributed by atoms with E-state index in [-0.39, 0.29) is 42.2 Å². The van der Waals surface area contributed by atoms with Crippen molar-refractivity contribution < 1.29 is 23.1 Å². The van der Waals surface area contributed by atoms with Crippen LogP contribution in [0.4, 0.5) is 19.0 Å². The fourth-order valence-corrected chi connectivity index (χ4v) is 6.02. The van der Waals surface area contributed by atoms with Crippen LogP contribution in [0, 0.1) is 35.2 Å². The van der Waals surface area contributed by atoms with E-state index in [1.807, 2.05) is 18.7 Å². The Morgan fingerprint density at radius 1 is 0.946 bits per heavy atom. The Bertz CT molecular complexity index is 1260. The first kappa shape index (κ1) is 25.2. The summed E-state index contributed by atoms with van der Waals surface area (Å²) in [6.07, 6.45) is 1.55. The maximum Gasteiger partial charge on any atom is 0.228 e. The van der Waals surface area contributed by atoms with Gasteiger partial charge in [-0.2, -0.15) is 5.10 Å². The van der Waals surface area contributed by atoms with Crippen LogP contribution in [0.1, 0.15) is 30.9 Å². The van der Waals surface area contributed by atoms with Gasteiger partial charge in [0.25, 0.3) is 0 Å². The lowest BCUT2D eigenvalue weighted by atomic mass is 9.70. The maximum absolute atomic E-state index is 14.9. The van der Waals surface area contributed by atoms with Crippen molar-refractivity contribution in [2.75, 3.05) is 31.1 Å². The molecule has 3 aromatic rings. The first-order valence-corrected chi connectivity index (χ1v) is 12.4. The van der Waals surface area contributed by atoms with E-state index < -0.39 is 29.1 Å². The van der Waals surface area contributed by atoms with E-state index in [9.17, 15) is 23.1 Å². The van der Waals surface area contributed by atoms with E-state index >= 15 is 0 Å². The Hall–Kier alpha value is -3.46. The zero-order valence-electron chi connectivity index (χ0n) is 20.7. The fraction of sp³-hybridized carbons (Fsp3) is 0.393. The molecule has 9 heteroatoms. The first-order chi connectivity index (χ1) is 17.7. The summed E-state index contributed by atoms with van der Waals surface area (Å²) in [7, 11) is 0. The second-order valence-electron chi connectivity index (χ2n) is 10.2. The number of hydrogen-bond donors (Lipinski definition) is 1.